The van der Waals surface area contributed by atoms with Crippen LogP contribution in [-0.4, -0.2) is 77.1 Å². The van der Waals surface area contributed by atoms with E-state index in [0.717, 1.165) is 30.6 Å². The third-order valence-electron chi connectivity index (χ3n) is 6.60. The number of benzene rings is 1. The lowest BCUT2D eigenvalue weighted by atomic mass is 9.88. The number of imide groups is 1. The molecule has 0 aromatic heterocycles. The summed E-state index contributed by atoms with van der Waals surface area (Å²) in [5, 5.41) is 3.37. The minimum atomic E-state index is -0.790. The number of nitrogens with zero attached hydrogens (tertiary/aromatic N) is 4. The number of carbonyl (C=O) groups excluding carboxylic acids is 3. The van der Waals surface area contributed by atoms with Gasteiger partial charge in [0.1, 0.15) is 18.3 Å². The highest BCUT2D eigenvalue weighted by molar-refractivity contribution is 8.14. The summed E-state index contributed by atoms with van der Waals surface area (Å²) in [6.07, 6.45) is 5.36. The summed E-state index contributed by atoms with van der Waals surface area (Å²) in [7, 11) is 3.08. The van der Waals surface area contributed by atoms with Crippen LogP contribution in [0.5, 0.6) is 11.5 Å². The van der Waals surface area contributed by atoms with Gasteiger partial charge in [0.25, 0.3) is 5.84 Å². The summed E-state index contributed by atoms with van der Waals surface area (Å²) in [6.45, 7) is 0.961. The van der Waals surface area contributed by atoms with Crippen molar-refractivity contribution < 1.29 is 28.4 Å². The van der Waals surface area contributed by atoms with Crippen molar-refractivity contribution in [3.8, 4) is 11.5 Å². The molecule has 1 unspecified atom stereocenters. The van der Waals surface area contributed by atoms with Gasteiger partial charge in [-0.3, -0.25) is 9.59 Å². The van der Waals surface area contributed by atoms with Gasteiger partial charge in [-0.25, -0.2) is 9.79 Å². The SMILES string of the molecule is CN1C(=O)C2C(SCC(=O)Nc3ccc4c(c3)OCCO4)=NC(C3CCCCC3)=NC2=[N+](C)C1=O. The van der Waals surface area contributed by atoms with Crippen molar-refractivity contribution in [2.45, 2.75) is 32.1 Å². The van der Waals surface area contributed by atoms with Crippen molar-refractivity contribution in [3.63, 3.8) is 0 Å². The van der Waals surface area contributed by atoms with E-state index in [2.05, 4.69) is 5.32 Å². The van der Waals surface area contributed by atoms with Gasteiger partial charge < -0.3 is 14.8 Å². The van der Waals surface area contributed by atoms with E-state index in [0.29, 0.717) is 47.1 Å². The molecule has 1 aromatic carbocycles. The Labute approximate surface area is 207 Å². The average Bonchev–Trinajstić information content (AvgIpc) is 2.89. The van der Waals surface area contributed by atoms with E-state index < -0.39 is 11.9 Å². The molecule has 4 amide bonds. The summed E-state index contributed by atoms with van der Waals surface area (Å²) < 4.78 is 12.5. The van der Waals surface area contributed by atoms with E-state index in [-0.39, 0.29) is 23.5 Å². The number of aliphatic imine (C=N–C) groups is 2. The predicted molar refractivity (Wildman–Crippen MR) is 133 cm³/mol. The van der Waals surface area contributed by atoms with Crippen molar-refractivity contribution in [3.05, 3.63) is 18.2 Å². The molecule has 0 radical (unpaired) electrons. The Bertz CT molecular complexity index is 1170. The standard InChI is InChI=1S/C24H27N5O5S/c1-28-21-19(23(31)29(2)24(28)32)22(27-20(26-21)14-6-4-3-5-7-14)35-13-18(30)25-15-8-9-16-17(12-15)34-11-10-33-16/h8-9,12,14,19H,3-7,10-11,13H2,1-2H3/p+1. The lowest BCUT2D eigenvalue weighted by Gasteiger charge is -2.28. The lowest BCUT2D eigenvalue weighted by Crippen LogP contribution is -2.55. The van der Waals surface area contributed by atoms with Crippen molar-refractivity contribution in [1.29, 1.82) is 0 Å². The second-order valence-electron chi connectivity index (χ2n) is 8.98. The molecule has 5 rings (SSSR count). The molecule has 3 aliphatic heterocycles. The normalized spacial score (nSPS) is 22.5. The summed E-state index contributed by atoms with van der Waals surface area (Å²) in [4.78, 5) is 48.9. The molecule has 35 heavy (non-hydrogen) atoms. The van der Waals surface area contributed by atoms with Gasteiger partial charge in [-0.05, 0) is 25.0 Å². The summed E-state index contributed by atoms with van der Waals surface area (Å²) >= 11 is 1.21. The van der Waals surface area contributed by atoms with Gasteiger partial charge in [0.15, 0.2) is 17.4 Å². The first-order valence-corrected chi connectivity index (χ1v) is 12.8. The first-order valence-electron chi connectivity index (χ1n) is 11.8. The van der Waals surface area contributed by atoms with E-state index in [9.17, 15) is 14.4 Å². The zero-order valence-electron chi connectivity index (χ0n) is 19.8. The van der Waals surface area contributed by atoms with Crippen LogP contribution in [0.4, 0.5) is 10.5 Å². The van der Waals surface area contributed by atoms with Crippen molar-refractivity contribution in [1.82, 2.24) is 4.90 Å². The third kappa shape index (κ3) is 4.69. The van der Waals surface area contributed by atoms with Crippen molar-refractivity contribution in [2.75, 3.05) is 38.4 Å². The molecule has 1 aliphatic carbocycles. The predicted octanol–water partition coefficient (Wildman–Crippen LogP) is 2.77. The highest BCUT2D eigenvalue weighted by atomic mass is 32.2. The average molecular weight is 499 g/mol. The quantitative estimate of drug-likeness (QED) is 0.639. The third-order valence-corrected chi connectivity index (χ3v) is 7.63. The van der Waals surface area contributed by atoms with Crippen LogP contribution in [0.3, 0.4) is 0 Å². The number of rotatable bonds is 4. The second kappa shape index (κ2) is 9.80. The summed E-state index contributed by atoms with van der Waals surface area (Å²) in [5.41, 5.74) is 0.598. The number of thioether (sulfide) groups is 1. The van der Waals surface area contributed by atoms with Gasteiger partial charge >= 0.3 is 11.9 Å². The molecule has 3 heterocycles. The Morgan fingerprint density at radius 3 is 2.66 bits per heavy atom. The zero-order chi connectivity index (χ0) is 24.5. The Morgan fingerprint density at radius 2 is 1.89 bits per heavy atom. The van der Waals surface area contributed by atoms with Crippen LogP contribution in [0.25, 0.3) is 0 Å². The number of fused-ring (bicyclic) bond motifs is 2. The number of anilines is 1. The highest BCUT2D eigenvalue weighted by Crippen LogP contribution is 2.33. The minimum absolute atomic E-state index is 0.0592. The fourth-order valence-electron chi connectivity index (χ4n) is 4.71. The van der Waals surface area contributed by atoms with Gasteiger partial charge in [-0.2, -0.15) is 9.48 Å². The van der Waals surface area contributed by atoms with Gasteiger partial charge in [-0.1, -0.05) is 36.0 Å². The molecule has 1 fully saturated rings. The van der Waals surface area contributed by atoms with Gasteiger partial charge in [0.2, 0.25) is 11.7 Å². The Hall–Kier alpha value is -3.21. The van der Waals surface area contributed by atoms with E-state index in [1.807, 2.05) is 0 Å². The Morgan fingerprint density at radius 1 is 1.14 bits per heavy atom. The smallest absolute Gasteiger partial charge is 0.445 e. The largest absolute Gasteiger partial charge is 0.486 e. The molecule has 1 aromatic rings. The van der Waals surface area contributed by atoms with E-state index in [1.165, 1.54) is 29.8 Å². The highest BCUT2D eigenvalue weighted by Gasteiger charge is 2.49. The Kier molecular flexibility index (Phi) is 6.59. The maximum Gasteiger partial charge on any atom is 0.445 e. The van der Waals surface area contributed by atoms with Crippen LogP contribution in [0.1, 0.15) is 32.1 Å². The number of amidine groups is 2. The van der Waals surface area contributed by atoms with Crippen LogP contribution in [0, 0.1) is 11.8 Å². The van der Waals surface area contributed by atoms with E-state index >= 15 is 0 Å². The van der Waals surface area contributed by atoms with E-state index in [4.69, 9.17) is 19.5 Å². The number of amides is 4. The fraction of sp³-hybridized carbons (Fsp3) is 0.500. The van der Waals surface area contributed by atoms with Crippen LogP contribution in [0.15, 0.2) is 28.2 Å². The Balaban J connectivity index is 1.35. The number of urea groups is 1. The molecule has 0 saturated heterocycles. The van der Waals surface area contributed by atoms with E-state index in [1.54, 1.807) is 25.2 Å². The summed E-state index contributed by atoms with van der Waals surface area (Å²) in [5.74, 6) is 1.13. The number of ether oxygens (including phenoxy) is 2. The molecule has 1 N–H and O–H groups in total. The maximum absolute atomic E-state index is 13.0. The molecule has 1 saturated carbocycles. The molecule has 4 aliphatic rings. The monoisotopic (exact) mass is 498 g/mol. The lowest BCUT2D eigenvalue weighted by molar-refractivity contribution is -0.407. The van der Waals surface area contributed by atoms with Crippen LogP contribution in [0.2, 0.25) is 0 Å². The van der Waals surface area contributed by atoms with Crippen LogP contribution < -0.4 is 14.8 Å². The van der Waals surface area contributed by atoms with Crippen LogP contribution in [-0.2, 0) is 9.59 Å². The number of hydrogen-bond donors (Lipinski definition) is 1. The number of carbonyl (C=O) groups is 3. The van der Waals surface area contributed by atoms with Gasteiger partial charge in [-0.15, -0.1) is 0 Å². The van der Waals surface area contributed by atoms with Crippen LogP contribution >= 0.6 is 11.8 Å². The number of hydrogen-bond acceptors (Lipinski definition) is 8. The maximum atomic E-state index is 13.0. The number of nitrogens with one attached hydrogen (secondary N) is 1. The van der Waals surface area contributed by atoms with Gasteiger partial charge in [0, 0.05) is 17.7 Å². The first-order chi connectivity index (χ1) is 16.9. The minimum Gasteiger partial charge on any atom is -0.486 e. The summed E-state index contributed by atoms with van der Waals surface area (Å²) in [6, 6.07) is 4.83. The fourth-order valence-corrected chi connectivity index (χ4v) is 5.59. The molecule has 10 nitrogen and oxygen atoms in total. The molecular weight excluding hydrogens is 470 g/mol. The first kappa shape index (κ1) is 23.5. The second-order valence-corrected chi connectivity index (χ2v) is 9.98. The molecule has 11 heteroatoms. The molecule has 184 valence electrons. The molecule has 1 atom stereocenters. The van der Waals surface area contributed by atoms with Gasteiger partial charge in [0.05, 0.1) is 19.8 Å². The molecule has 0 bridgehead atoms. The molecule has 0 spiro atoms. The molecular formula is C24H28N5O5S+. The van der Waals surface area contributed by atoms with Crippen molar-refractivity contribution >= 4 is 52.0 Å². The topological polar surface area (TPSA) is 113 Å². The zero-order valence-corrected chi connectivity index (χ0v) is 20.6. The van der Waals surface area contributed by atoms with Crippen molar-refractivity contribution in [2.24, 2.45) is 21.8 Å².